The number of hydrazone groups is 1. The van der Waals surface area contributed by atoms with E-state index in [1.54, 1.807) is 12.1 Å². The Labute approximate surface area is 183 Å². The molecular weight excluding hydrogens is 420 g/mol. The van der Waals surface area contributed by atoms with Crippen LogP contribution >= 0.6 is 11.8 Å². The van der Waals surface area contributed by atoms with Crippen molar-refractivity contribution in [1.82, 2.24) is 15.0 Å². The minimum atomic E-state index is -0.497. The molecule has 3 rings (SSSR count). The summed E-state index contributed by atoms with van der Waals surface area (Å²) >= 11 is 1.32. The summed E-state index contributed by atoms with van der Waals surface area (Å²) in [7, 11) is 4.81. The molecule has 1 aromatic heterocycles. The highest BCUT2D eigenvalue weighted by Crippen LogP contribution is 2.38. The molecule has 0 unspecified atom stereocenters. The van der Waals surface area contributed by atoms with Crippen LogP contribution in [0.4, 0.5) is 0 Å². The number of imidazole rings is 1. The number of nitrogens with one attached hydrogen (secondary N) is 1. The number of thioether (sulfide) groups is 1. The quantitative estimate of drug-likeness (QED) is 0.188. The molecule has 1 heterocycles. The van der Waals surface area contributed by atoms with E-state index in [-0.39, 0.29) is 17.4 Å². The third-order valence-corrected chi connectivity index (χ3v) is 5.24. The van der Waals surface area contributed by atoms with Crippen molar-refractivity contribution >= 4 is 40.9 Å². The number of nitrogens with zero attached hydrogens (tertiary/aromatic N) is 3. The molecule has 1 amide bonds. The highest BCUT2D eigenvalue weighted by atomic mass is 32.2. The van der Waals surface area contributed by atoms with Crippen molar-refractivity contribution in [2.24, 2.45) is 12.1 Å². The number of methoxy groups -OCH3 is 2. The van der Waals surface area contributed by atoms with Gasteiger partial charge in [-0.15, -0.1) is 0 Å². The molecule has 0 aliphatic rings. The van der Waals surface area contributed by atoms with Gasteiger partial charge in [0.25, 0.3) is 5.91 Å². The van der Waals surface area contributed by atoms with Crippen LogP contribution in [0.5, 0.6) is 17.2 Å². The largest absolute Gasteiger partial charge is 0.493 e. The van der Waals surface area contributed by atoms with Crippen LogP contribution in [0, 0.1) is 0 Å². The van der Waals surface area contributed by atoms with Gasteiger partial charge in [0.1, 0.15) is 0 Å². The maximum atomic E-state index is 12.2. The second-order valence-electron chi connectivity index (χ2n) is 6.37. The monoisotopic (exact) mass is 442 g/mol. The van der Waals surface area contributed by atoms with Gasteiger partial charge in [-0.1, -0.05) is 23.9 Å². The number of hydrogen-bond acceptors (Lipinski definition) is 8. The number of rotatable bonds is 8. The summed E-state index contributed by atoms with van der Waals surface area (Å²) in [5, 5.41) is 4.72. The second-order valence-corrected chi connectivity index (χ2v) is 7.31. The van der Waals surface area contributed by atoms with Gasteiger partial charge in [-0.25, -0.2) is 10.4 Å². The highest BCUT2D eigenvalue weighted by Gasteiger charge is 2.16. The average Bonchev–Trinajstić information content (AvgIpc) is 3.08. The number of fused-ring (bicyclic) bond motifs is 1. The van der Waals surface area contributed by atoms with Crippen molar-refractivity contribution in [3.63, 3.8) is 0 Å². The molecule has 31 heavy (non-hydrogen) atoms. The van der Waals surface area contributed by atoms with Gasteiger partial charge in [0.15, 0.2) is 16.7 Å². The van der Waals surface area contributed by atoms with Gasteiger partial charge in [0.05, 0.1) is 37.2 Å². The Balaban J connectivity index is 1.63. The molecule has 162 valence electrons. The molecule has 0 saturated heterocycles. The lowest BCUT2D eigenvalue weighted by Crippen LogP contribution is -2.19. The van der Waals surface area contributed by atoms with Crippen molar-refractivity contribution in [1.29, 1.82) is 0 Å². The van der Waals surface area contributed by atoms with E-state index in [9.17, 15) is 9.59 Å². The van der Waals surface area contributed by atoms with Gasteiger partial charge in [0.2, 0.25) is 5.75 Å². The Morgan fingerprint density at radius 3 is 2.48 bits per heavy atom. The Bertz CT molecular complexity index is 1120. The summed E-state index contributed by atoms with van der Waals surface area (Å²) in [5.41, 5.74) is 4.96. The maximum absolute atomic E-state index is 12.2. The topological polar surface area (TPSA) is 104 Å². The van der Waals surface area contributed by atoms with E-state index in [4.69, 9.17) is 14.2 Å². The van der Waals surface area contributed by atoms with Crippen molar-refractivity contribution in [2.75, 3.05) is 20.0 Å². The number of benzene rings is 2. The lowest BCUT2D eigenvalue weighted by atomic mass is 10.2. The fourth-order valence-corrected chi connectivity index (χ4v) is 3.59. The lowest BCUT2D eigenvalue weighted by molar-refractivity contribution is -0.132. The van der Waals surface area contributed by atoms with E-state index in [2.05, 4.69) is 15.5 Å². The highest BCUT2D eigenvalue weighted by molar-refractivity contribution is 7.99. The second kappa shape index (κ2) is 9.98. The van der Waals surface area contributed by atoms with Gasteiger partial charge in [0, 0.05) is 19.5 Å². The van der Waals surface area contributed by atoms with E-state index in [0.29, 0.717) is 17.1 Å². The molecule has 0 saturated carbocycles. The summed E-state index contributed by atoms with van der Waals surface area (Å²) in [6.45, 7) is 1.29. The van der Waals surface area contributed by atoms with Crippen LogP contribution in [-0.4, -0.2) is 47.6 Å². The number of para-hydroxylation sites is 2. The molecule has 0 radical (unpaired) electrons. The number of ether oxygens (including phenoxy) is 3. The molecule has 10 heteroatoms. The first-order valence-electron chi connectivity index (χ1n) is 9.23. The van der Waals surface area contributed by atoms with Crippen molar-refractivity contribution in [3.8, 4) is 17.2 Å². The minimum Gasteiger partial charge on any atom is -0.493 e. The zero-order chi connectivity index (χ0) is 22.4. The van der Waals surface area contributed by atoms with Crippen LogP contribution in [-0.2, 0) is 16.6 Å². The molecule has 1 N–H and O–H groups in total. The van der Waals surface area contributed by atoms with Crippen molar-refractivity contribution < 1.29 is 23.8 Å². The standard InChI is InChI=1S/C21H22N4O5S/c1-13(26)30-20-17(28-3)9-14(10-18(20)29-4)11-22-24-19(27)12-31-21-23-15-7-5-6-8-16(15)25(21)2/h5-11H,12H2,1-4H3,(H,24,27)/b22-11+. The van der Waals surface area contributed by atoms with Crippen LogP contribution in [0.25, 0.3) is 11.0 Å². The zero-order valence-corrected chi connectivity index (χ0v) is 18.4. The van der Waals surface area contributed by atoms with E-state index in [1.165, 1.54) is 39.1 Å². The molecule has 3 aromatic rings. The van der Waals surface area contributed by atoms with Gasteiger partial charge >= 0.3 is 5.97 Å². The molecule has 0 aliphatic heterocycles. The number of hydrogen-bond donors (Lipinski definition) is 1. The number of carbonyl (C=O) groups excluding carboxylic acids is 2. The smallest absolute Gasteiger partial charge is 0.308 e. The number of aromatic nitrogens is 2. The molecular formula is C21H22N4O5S. The normalized spacial score (nSPS) is 11.0. The zero-order valence-electron chi connectivity index (χ0n) is 17.5. The van der Waals surface area contributed by atoms with Crippen LogP contribution in [0.15, 0.2) is 46.7 Å². The molecule has 9 nitrogen and oxygen atoms in total. The molecule has 0 fully saturated rings. The van der Waals surface area contributed by atoms with Crippen LogP contribution in [0.1, 0.15) is 12.5 Å². The van der Waals surface area contributed by atoms with E-state index >= 15 is 0 Å². The van der Waals surface area contributed by atoms with E-state index in [1.807, 2.05) is 35.9 Å². The van der Waals surface area contributed by atoms with E-state index < -0.39 is 5.97 Å². The van der Waals surface area contributed by atoms with Crippen molar-refractivity contribution in [3.05, 3.63) is 42.0 Å². The predicted octanol–water partition coefficient (Wildman–Crippen LogP) is 2.76. The maximum Gasteiger partial charge on any atom is 0.308 e. The average molecular weight is 442 g/mol. The molecule has 2 aromatic carbocycles. The number of aryl methyl sites for hydroxylation is 1. The fraction of sp³-hybridized carbons (Fsp3) is 0.238. The van der Waals surface area contributed by atoms with Gasteiger partial charge in [-0.3, -0.25) is 9.59 Å². The Hall–Kier alpha value is -3.53. The summed E-state index contributed by atoms with van der Waals surface area (Å²) in [6.07, 6.45) is 1.44. The first-order chi connectivity index (χ1) is 14.9. The van der Waals surface area contributed by atoms with E-state index in [0.717, 1.165) is 16.2 Å². The first-order valence-corrected chi connectivity index (χ1v) is 10.2. The van der Waals surface area contributed by atoms with Gasteiger partial charge in [-0.2, -0.15) is 5.10 Å². The molecule has 0 spiro atoms. The SMILES string of the molecule is COc1cc(/C=N/NC(=O)CSc2nc3ccccc3n2C)cc(OC)c1OC(C)=O. The third-order valence-electron chi connectivity index (χ3n) is 4.21. The lowest BCUT2D eigenvalue weighted by Gasteiger charge is -2.13. The minimum absolute atomic E-state index is 0.159. The van der Waals surface area contributed by atoms with Crippen LogP contribution in [0.3, 0.4) is 0 Å². The summed E-state index contributed by atoms with van der Waals surface area (Å²) in [6, 6.07) is 11.0. The van der Waals surface area contributed by atoms with Gasteiger partial charge < -0.3 is 18.8 Å². The van der Waals surface area contributed by atoms with Crippen LogP contribution in [0.2, 0.25) is 0 Å². The summed E-state index contributed by atoms with van der Waals surface area (Å²) in [5.74, 6) is 0.177. The first kappa shape index (κ1) is 22.2. The third kappa shape index (κ3) is 5.34. The number of esters is 1. The molecule has 0 bridgehead atoms. The van der Waals surface area contributed by atoms with Crippen molar-refractivity contribution in [2.45, 2.75) is 12.1 Å². The molecule has 0 atom stereocenters. The fourth-order valence-electron chi connectivity index (χ4n) is 2.81. The Morgan fingerprint density at radius 2 is 1.87 bits per heavy atom. The number of carbonyl (C=O) groups is 2. The van der Waals surface area contributed by atoms with Gasteiger partial charge in [-0.05, 0) is 24.3 Å². The Kier molecular flexibility index (Phi) is 7.14. The Morgan fingerprint density at radius 1 is 1.19 bits per heavy atom. The predicted molar refractivity (Wildman–Crippen MR) is 118 cm³/mol. The number of amides is 1. The van der Waals surface area contributed by atoms with Crippen LogP contribution < -0.4 is 19.6 Å². The summed E-state index contributed by atoms with van der Waals surface area (Å²) < 4.78 is 17.6. The molecule has 0 aliphatic carbocycles. The summed E-state index contributed by atoms with van der Waals surface area (Å²) in [4.78, 5) is 28.0.